The molecule has 2 aliphatic rings. The van der Waals surface area contributed by atoms with Gasteiger partial charge in [0.15, 0.2) is 0 Å². The van der Waals surface area contributed by atoms with Crippen molar-refractivity contribution in [1.29, 1.82) is 0 Å². The molecule has 2 heterocycles. The maximum absolute atomic E-state index is 13.3. The monoisotopic (exact) mass is 423 g/mol. The molecule has 0 spiro atoms. The van der Waals surface area contributed by atoms with Crippen molar-refractivity contribution in [2.24, 2.45) is 10.1 Å². The van der Waals surface area contributed by atoms with Crippen molar-refractivity contribution in [2.75, 3.05) is 14.1 Å². The van der Waals surface area contributed by atoms with Crippen LogP contribution in [-0.4, -0.2) is 69.6 Å². The number of halogens is 1. The first kappa shape index (κ1) is 20.2. The van der Waals surface area contributed by atoms with Crippen molar-refractivity contribution in [3.8, 4) is 5.75 Å². The van der Waals surface area contributed by atoms with Gasteiger partial charge in [-0.3, -0.25) is 14.6 Å². The van der Waals surface area contributed by atoms with Gasteiger partial charge in [0.05, 0.1) is 12.8 Å². The van der Waals surface area contributed by atoms with E-state index in [2.05, 4.69) is 15.5 Å². The van der Waals surface area contributed by atoms with Crippen LogP contribution < -0.4 is 5.43 Å². The number of aromatic hydroxyl groups is 1. The van der Waals surface area contributed by atoms with Gasteiger partial charge in [-0.05, 0) is 47.5 Å². The molecule has 158 valence electrons. The third kappa shape index (κ3) is 3.87. The summed E-state index contributed by atoms with van der Waals surface area (Å²) < 4.78 is 15.0. The molecule has 0 aromatic heterocycles. The van der Waals surface area contributed by atoms with Crippen molar-refractivity contribution in [3.63, 3.8) is 0 Å². The van der Waals surface area contributed by atoms with Crippen LogP contribution in [0, 0.1) is 5.82 Å². The molecular weight excluding hydrogens is 403 g/mol. The number of carbonyl (C=O) groups excluding carboxylic acids is 2. The quantitative estimate of drug-likeness (QED) is 0.440. The van der Waals surface area contributed by atoms with Crippen LogP contribution in [0.5, 0.6) is 5.75 Å². The van der Waals surface area contributed by atoms with Crippen LogP contribution in [0.3, 0.4) is 0 Å². The minimum Gasteiger partial charge on any atom is -0.508 e. The molecule has 2 N–H and O–H groups in total. The molecule has 1 saturated heterocycles. The van der Waals surface area contributed by atoms with Gasteiger partial charge in [-0.2, -0.15) is 5.43 Å². The minimum atomic E-state index is -0.816. The topological polar surface area (TPSA) is 101 Å². The fraction of sp³-hybridized carbons (Fsp3) is 0.190. The van der Waals surface area contributed by atoms with E-state index >= 15 is 0 Å². The number of phenols is 1. The zero-order chi connectivity index (χ0) is 22.1. The fourth-order valence-electron chi connectivity index (χ4n) is 3.37. The molecule has 9 nitrogen and oxygen atoms in total. The number of hydrogen-bond acceptors (Lipinski definition) is 6. The number of hydrazone groups is 1. The molecular formula is C21H20FN6O3+. The largest absolute Gasteiger partial charge is 0.508 e. The third-order valence-electron chi connectivity index (χ3n) is 5.07. The Morgan fingerprint density at radius 3 is 2.48 bits per heavy atom. The van der Waals surface area contributed by atoms with E-state index < -0.39 is 18.0 Å². The molecule has 2 aromatic carbocycles. The highest BCUT2D eigenvalue weighted by Gasteiger charge is 2.51. The molecule has 0 radical (unpaired) electrons. The Balaban J connectivity index is 1.67. The number of phenolic OH excluding ortho intramolecular Hbond substituents is 1. The number of urea groups is 1. The SMILES string of the molecule is CN1C(=O)C2C(=NC(N/N=C/c3ccc(O)cc3)=[N+]2Cc2ccc(F)cc2)N(C)C1=O. The molecule has 3 amide bonds. The second kappa shape index (κ2) is 7.98. The summed E-state index contributed by atoms with van der Waals surface area (Å²) in [7, 11) is 2.97. The van der Waals surface area contributed by atoms with Gasteiger partial charge in [-0.1, -0.05) is 17.1 Å². The first-order valence-corrected chi connectivity index (χ1v) is 9.45. The Labute approximate surface area is 177 Å². The number of imide groups is 1. The number of amides is 3. The van der Waals surface area contributed by atoms with Crippen LogP contribution in [-0.2, 0) is 11.3 Å². The lowest BCUT2D eigenvalue weighted by molar-refractivity contribution is -0.553. The van der Waals surface area contributed by atoms with Crippen molar-refractivity contribution in [1.82, 2.24) is 15.2 Å². The number of likely N-dealkylation sites (N-methyl/N-ethyl adjacent to an activating group) is 2. The van der Waals surface area contributed by atoms with E-state index in [1.807, 2.05) is 0 Å². The smallest absolute Gasteiger partial charge is 0.414 e. The lowest BCUT2D eigenvalue weighted by atomic mass is 10.1. The van der Waals surface area contributed by atoms with Crippen LogP contribution in [0.4, 0.5) is 9.18 Å². The van der Waals surface area contributed by atoms with E-state index in [-0.39, 0.29) is 29.9 Å². The number of amidine groups is 1. The van der Waals surface area contributed by atoms with E-state index in [4.69, 9.17) is 0 Å². The second-order valence-electron chi connectivity index (χ2n) is 7.15. The summed E-state index contributed by atoms with van der Waals surface area (Å²) >= 11 is 0. The first-order valence-electron chi connectivity index (χ1n) is 9.45. The Kier molecular flexibility index (Phi) is 5.20. The van der Waals surface area contributed by atoms with Crippen molar-refractivity contribution >= 4 is 29.9 Å². The van der Waals surface area contributed by atoms with E-state index in [9.17, 15) is 19.1 Å². The summed E-state index contributed by atoms with van der Waals surface area (Å²) in [6, 6.07) is 11.1. The maximum Gasteiger partial charge on any atom is 0.414 e. The number of carbonyl (C=O) groups is 2. The Bertz CT molecular complexity index is 1120. The van der Waals surface area contributed by atoms with E-state index in [1.165, 1.54) is 42.4 Å². The second-order valence-corrected chi connectivity index (χ2v) is 7.15. The molecule has 2 aliphatic heterocycles. The Morgan fingerprint density at radius 2 is 1.81 bits per heavy atom. The van der Waals surface area contributed by atoms with Gasteiger partial charge in [0.2, 0.25) is 11.9 Å². The van der Waals surface area contributed by atoms with Crippen molar-refractivity contribution in [2.45, 2.75) is 12.6 Å². The van der Waals surface area contributed by atoms with Gasteiger partial charge in [0, 0.05) is 14.1 Å². The molecule has 0 saturated carbocycles. The van der Waals surface area contributed by atoms with Crippen LogP contribution in [0.15, 0.2) is 58.6 Å². The van der Waals surface area contributed by atoms with Crippen LogP contribution >= 0.6 is 0 Å². The van der Waals surface area contributed by atoms with Gasteiger partial charge >= 0.3 is 12.0 Å². The predicted molar refractivity (Wildman–Crippen MR) is 111 cm³/mol. The molecule has 0 aliphatic carbocycles. The number of nitrogens with zero attached hydrogens (tertiary/aromatic N) is 5. The lowest BCUT2D eigenvalue weighted by Gasteiger charge is -2.31. The highest BCUT2D eigenvalue weighted by atomic mass is 19.1. The van der Waals surface area contributed by atoms with Crippen LogP contribution in [0.2, 0.25) is 0 Å². The Morgan fingerprint density at radius 1 is 1.13 bits per heavy atom. The standard InChI is InChI=1S/C21H19FN6O3/c1-26-18-17(19(30)27(2)21(26)31)28(12-14-3-7-15(22)8-4-14)20(24-18)25-23-11-13-5-9-16(29)10-6-13/h3-11,17H,12H2,1-2H3,(H,23,29)/p+1. The zero-order valence-corrected chi connectivity index (χ0v) is 16.9. The summed E-state index contributed by atoms with van der Waals surface area (Å²) in [6.45, 7) is 0.247. The van der Waals surface area contributed by atoms with Gasteiger partial charge in [0.1, 0.15) is 11.6 Å². The zero-order valence-electron chi connectivity index (χ0n) is 16.9. The summed E-state index contributed by atoms with van der Waals surface area (Å²) in [5, 5.41) is 13.6. The van der Waals surface area contributed by atoms with E-state index in [1.54, 1.807) is 35.9 Å². The number of nitrogens with one attached hydrogen (secondary N) is 1. The molecule has 0 bridgehead atoms. The summed E-state index contributed by atoms with van der Waals surface area (Å²) in [5.74, 6) is -0.0585. The number of fused-ring (bicyclic) bond motifs is 1. The van der Waals surface area contributed by atoms with Crippen molar-refractivity contribution in [3.05, 3.63) is 65.5 Å². The third-order valence-corrected chi connectivity index (χ3v) is 5.07. The normalized spacial score (nSPS) is 18.7. The lowest BCUT2D eigenvalue weighted by Crippen LogP contribution is -2.61. The first-order chi connectivity index (χ1) is 14.8. The highest BCUT2D eigenvalue weighted by Crippen LogP contribution is 2.20. The summed E-state index contributed by atoms with van der Waals surface area (Å²) in [4.78, 5) is 32.0. The van der Waals surface area contributed by atoms with Gasteiger partial charge < -0.3 is 5.11 Å². The van der Waals surface area contributed by atoms with Gasteiger partial charge in [-0.15, -0.1) is 5.10 Å². The fourth-order valence-corrected chi connectivity index (χ4v) is 3.37. The molecule has 1 atom stereocenters. The predicted octanol–water partition coefficient (Wildman–Crippen LogP) is 1.33. The molecule has 1 unspecified atom stereocenters. The number of aliphatic imine (C=N–C) groups is 1. The van der Waals surface area contributed by atoms with E-state index in [0.717, 1.165) is 16.0 Å². The van der Waals surface area contributed by atoms with Crippen molar-refractivity contribution < 1.29 is 23.7 Å². The highest BCUT2D eigenvalue weighted by molar-refractivity contribution is 6.22. The van der Waals surface area contributed by atoms with E-state index in [0.29, 0.717) is 0 Å². The van der Waals surface area contributed by atoms with Gasteiger partial charge in [-0.25, -0.2) is 13.8 Å². The maximum atomic E-state index is 13.3. The van der Waals surface area contributed by atoms with Gasteiger partial charge in [0.25, 0.3) is 5.91 Å². The summed E-state index contributed by atoms with van der Waals surface area (Å²) in [6.07, 6.45) is 1.54. The average molecular weight is 423 g/mol. The molecule has 10 heteroatoms. The number of benzene rings is 2. The molecule has 31 heavy (non-hydrogen) atoms. The van der Waals surface area contributed by atoms with Crippen LogP contribution in [0.1, 0.15) is 11.1 Å². The Hall–Kier alpha value is -4.08. The summed E-state index contributed by atoms with van der Waals surface area (Å²) in [5.41, 5.74) is 4.33. The van der Waals surface area contributed by atoms with Crippen LogP contribution in [0.25, 0.3) is 0 Å². The molecule has 2 aromatic rings. The minimum absolute atomic E-state index is 0.145. The number of hydrogen-bond donors (Lipinski definition) is 2. The molecule has 4 rings (SSSR count). The number of rotatable bonds is 4. The molecule has 1 fully saturated rings. The number of guanidine groups is 1. The average Bonchev–Trinajstić information content (AvgIpc) is 3.12.